The topological polar surface area (TPSA) is 56.7 Å². The van der Waals surface area contributed by atoms with Gasteiger partial charge < -0.3 is 10.3 Å². The van der Waals surface area contributed by atoms with E-state index < -0.39 is 0 Å². The van der Waals surface area contributed by atoms with Crippen molar-refractivity contribution in [3.8, 4) is 0 Å². The first-order chi connectivity index (χ1) is 9.70. The molecule has 102 valence electrons. The molecule has 4 heteroatoms. The van der Waals surface area contributed by atoms with Crippen LogP contribution in [0.25, 0.3) is 11.0 Å². The zero-order valence-corrected chi connectivity index (χ0v) is 11.7. The van der Waals surface area contributed by atoms with Gasteiger partial charge in [0, 0.05) is 24.5 Å². The van der Waals surface area contributed by atoms with Crippen molar-refractivity contribution in [3.05, 3.63) is 54.1 Å². The monoisotopic (exact) mass is 266 g/mol. The van der Waals surface area contributed by atoms with Gasteiger partial charge in [-0.15, -0.1) is 0 Å². The fourth-order valence-corrected chi connectivity index (χ4v) is 2.64. The third kappa shape index (κ3) is 2.03. The van der Waals surface area contributed by atoms with Gasteiger partial charge >= 0.3 is 0 Å². The van der Waals surface area contributed by atoms with Crippen LogP contribution in [0.4, 0.5) is 5.69 Å². The van der Waals surface area contributed by atoms with E-state index in [9.17, 15) is 0 Å². The Hall–Kier alpha value is -2.36. The van der Waals surface area contributed by atoms with Crippen molar-refractivity contribution in [1.82, 2.24) is 14.5 Å². The molecule has 0 aliphatic carbocycles. The summed E-state index contributed by atoms with van der Waals surface area (Å²) in [5, 5.41) is 0. The summed E-state index contributed by atoms with van der Waals surface area (Å²) in [6, 6.07) is 10.2. The van der Waals surface area contributed by atoms with Gasteiger partial charge in [0.25, 0.3) is 0 Å². The Kier molecular flexibility index (Phi) is 3.14. The van der Waals surface area contributed by atoms with Crippen LogP contribution in [0.5, 0.6) is 0 Å². The van der Waals surface area contributed by atoms with Gasteiger partial charge in [-0.1, -0.05) is 6.92 Å². The summed E-state index contributed by atoms with van der Waals surface area (Å²) in [7, 11) is 0. The van der Waals surface area contributed by atoms with Crippen LogP contribution in [0.15, 0.2) is 42.7 Å². The average Bonchev–Trinajstić information content (AvgIpc) is 2.84. The Morgan fingerprint density at radius 3 is 2.65 bits per heavy atom. The van der Waals surface area contributed by atoms with E-state index in [1.165, 1.54) is 5.56 Å². The minimum Gasteiger partial charge on any atom is -0.399 e. The number of aryl methyl sites for hydroxylation is 1. The number of hydrogen-bond donors (Lipinski definition) is 1. The second-order valence-electron chi connectivity index (χ2n) is 4.96. The van der Waals surface area contributed by atoms with Crippen LogP contribution in [-0.2, 0) is 6.42 Å². The lowest BCUT2D eigenvalue weighted by molar-refractivity contribution is 0.622. The zero-order chi connectivity index (χ0) is 14.1. The second-order valence-corrected chi connectivity index (χ2v) is 4.96. The van der Waals surface area contributed by atoms with Crippen molar-refractivity contribution < 1.29 is 0 Å². The molecular formula is C16H18N4. The average molecular weight is 266 g/mol. The number of nitrogens with two attached hydrogens (primary N) is 1. The highest BCUT2D eigenvalue weighted by Crippen LogP contribution is 2.27. The van der Waals surface area contributed by atoms with E-state index >= 15 is 0 Å². The first-order valence-electron chi connectivity index (χ1n) is 6.87. The van der Waals surface area contributed by atoms with Crippen molar-refractivity contribution in [2.75, 3.05) is 5.73 Å². The zero-order valence-electron chi connectivity index (χ0n) is 11.7. The number of anilines is 1. The van der Waals surface area contributed by atoms with Crippen LogP contribution in [-0.4, -0.2) is 14.5 Å². The number of fused-ring (bicyclic) bond motifs is 1. The van der Waals surface area contributed by atoms with E-state index in [2.05, 4.69) is 29.5 Å². The fraction of sp³-hybridized carbons (Fsp3) is 0.250. The smallest absolute Gasteiger partial charge is 0.110 e. The quantitative estimate of drug-likeness (QED) is 0.741. The van der Waals surface area contributed by atoms with E-state index in [1.54, 1.807) is 0 Å². The Morgan fingerprint density at radius 1 is 1.20 bits per heavy atom. The van der Waals surface area contributed by atoms with Crippen LogP contribution in [0.3, 0.4) is 0 Å². The highest BCUT2D eigenvalue weighted by atomic mass is 15.1. The molecular weight excluding hydrogens is 248 g/mol. The summed E-state index contributed by atoms with van der Waals surface area (Å²) in [6.07, 6.45) is 4.55. The van der Waals surface area contributed by atoms with Gasteiger partial charge in [-0.2, -0.15) is 0 Å². The lowest BCUT2D eigenvalue weighted by Gasteiger charge is -2.17. The molecule has 20 heavy (non-hydrogen) atoms. The molecule has 2 aromatic heterocycles. The summed E-state index contributed by atoms with van der Waals surface area (Å²) in [5.74, 6) is 1.08. The number of aromatic nitrogens is 3. The molecule has 1 unspecified atom stereocenters. The highest BCUT2D eigenvalue weighted by Gasteiger charge is 2.16. The molecule has 2 heterocycles. The number of pyridine rings is 1. The van der Waals surface area contributed by atoms with Crippen molar-refractivity contribution in [2.45, 2.75) is 26.3 Å². The molecule has 0 spiro atoms. The van der Waals surface area contributed by atoms with Crippen molar-refractivity contribution in [1.29, 1.82) is 0 Å². The number of nitrogens with zero attached hydrogens (tertiary/aromatic N) is 3. The van der Waals surface area contributed by atoms with Gasteiger partial charge in [0.2, 0.25) is 0 Å². The number of imidazole rings is 1. The molecule has 4 nitrogen and oxygen atoms in total. The predicted molar refractivity (Wildman–Crippen MR) is 81.6 cm³/mol. The molecule has 1 aromatic carbocycles. The largest absolute Gasteiger partial charge is 0.399 e. The molecule has 2 N–H and O–H groups in total. The molecule has 3 rings (SSSR count). The third-order valence-corrected chi connectivity index (χ3v) is 3.68. The van der Waals surface area contributed by atoms with Crippen LogP contribution in [0.2, 0.25) is 0 Å². The maximum Gasteiger partial charge on any atom is 0.110 e. The third-order valence-electron chi connectivity index (χ3n) is 3.68. The lowest BCUT2D eigenvalue weighted by Crippen LogP contribution is -2.10. The molecule has 3 aromatic rings. The molecule has 0 aliphatic heterocycles. The standard InChI is InChI=1S/C16H18N4/c1-3-16-19-14-10-13(17)4-5-15(14)20(16)11(2)12-6-8-18-9-7-12/h4-11H,3,17H2,1-2H3. The first-order valence-corrected chi connectivity index (χ1v) is 6.87. The van der Waals surface area contributed by atoms with Crippen molar-refractivity contribution >= 4 is 16.7 Å². The van der Waals surface area contributed by atoms with Crippen LogP contribution < -0.4 is 5.73 Å². The summed E-state index contributed by atoms with van der Waals surface area (Å²) >= 11 is 0. The van der Waals surface area contributed by atoms with Gasteiger partial charge in [-0.05, 0) is 42.8 Å². The number of nitrogen functional groups attached to an aromatic ring is 1. The van der Waals surface area contributed by atoms with Gasteiger partial charge in [0.05, 0.1) is 17.1 Å². The minimum absolute atomic E-state index is 0.224. The Morgan fingerprint density at radius 2 is 1.95 bits per heavy atom. The van der Waals surface area contributed by atoms with Gasteiger partial charge in [-0.25, -0.2) is 4.98 Å². The Balaban J connectivity index is 2.19. The van der Waals surface area contributed by atoms with Gasteiger partial charge in [-0.3, -0.25) is 4.98 Å². The molecule has 0 radical (unpaired) electrons. The van der Waals surface area contributed by atoms with Crippen molar-refractivity contribution in [3.63, 3.8) is 0 Å². The van der Waals surface area contributed by atoms with E-state index in [4.69, 9.17) is 10.7 Å². The lowest BCUT2D eigenvalue weighted by atomic mass is 10.1. The highest BCUT2D eigenvalue weighted by molar-refractivity contribution is 5.80. The maximum atomic E-state index is 5.85. The number of rotatable bonds is 3. The molecule has 0 amide bonds. The number of hydrogen-bond acceptors (Lipinski definition) is 3. The van der Waals surface area contributed by atoms with Crippen LogP contribution >= 0.6 is 0 Å². The SMILES string of the molecule is CCc1nc2cc(N)ccc2n1C(C)c1ccncc1. The molecule has 0 aliphatic rings. The minimum atomic E-state index is 0.224. The normalized spacial score (nSPS) is 12.7. The maximum absolute atomic E-state index is 5.85. The van der Waals surface area contributed by atoms with E-state index in [1.807, 2.05) is 36.7 Å². The predicted octanol–water partition coefficient (Wildman–Crippen LogP) is 3.19. The summed E-state index contributed by atoms with van der Waals surface area (Å²) in [6.45, 7) is 4.31. The molecule has 1 atom stereocenters. The number of benzene rings is 1. The Bertz CT molecular complexity index is 731. The second kappa shape index (κ2) is 4.96. The Labute approximate surface area is 118 Å². The van der Waals surface area contributed by atoms with Crippen molar-refractivity contribution in [2.24, 2.45) is 0 Å². The fourth-order valence-electron chi connectivity index (χ4n) is 2.64. The van der Waals surface area contributed by atoms with E-state index in [0.29, 0.717) is 0 Å². The first kappa shape index (κ1) is 12.7. The molecule has 0 bridgehead atoms. The molecule has 0 saturated heterocycles. The van der Waals surface area contributed by atoms with E-state index in [0.717, 1.165) is 29.0 Å². The van der Waals surface area contributed by atoms with E-state index in [-0.39, 0.29) is 6.04 Å². The molecule has 0 saturated carbocycles. The summed E-state index contributed by atoms with van der Waals surface area (Å²) in [5.41, 5.74) is 9.92. The van der Waals surface area contributed by atoms with Gasteiger partial charge in [0.15, 0.2) is 0 Å². The van der Waals surface area contributed by atoms with Crippen LogP contribution in [0, 0.1) is 0 Å². The van der Waals surface area contributed by atoms with Gasteiger partial charge in [0.1, 0.15) is 5.82 Å². The summed E-state index contributed by atoms with van der Waals surface area (Å²) < 4.78 is 2.28. The summed E-state index contributed by atoms with van der Waals surface area (Å²) in [4.78, 5) is 8.79. The van der Waals surface area contributed by atoms with Crippen LogP contribution in [0.1, 0.15) is 31.3 Å². The molecule has 0 fully saturated rings.